The Morgan fingerprint density at radius 1 is 1.12 bits per heavy atom. The van der Waals surface area contributed by atoms with Gasteiger partial charge in [0.25, 0.3) is 0 Å². The number of ether oxygens (including phenoxy) is 4. The molecule has 1 saturated heterocycles. The fourth-order valence-corrected chi connectivity index (χ4v) is 3.61. The summed E-state index contributed by atoms with van der Waals surface area (Å²) in [6.07, 6.45) is 0.200. The number of anilines is 2. The lowest BCUT2D eigenvalue weighted by atomic mass is 10.1. The zero-order chi connectivity index (χ0) is 22.5. The van der Waals surface area contributed by atoms with Crippen molar-refractivity contribution in [2.45, 2.75) is 12.8 Å². The monoisotopic (exact) mass is 440 g/mol. The van der Waals surface area contributed by atoms with Crippen LogP contribution >= 0.6 is 0 Å². The molecule has 1 unspecified atom stereocenters. The highest BCUT2D eigenvalue weighted by Crippen LogP contribution is 2.36. The highest BCUT2D eigenvalue weighted by atomic mass is 16.6. The summed E-state index contributed by atoms with van der Waals surface area (Å²) in [6.45, 7) is 1.33. The minimum atomic E-state index is -0.515. The molecule has 0 aliphatic carbocycles. The van der Waals surface area contributed by atoms with Gasteiger partial charge in [-0.25, -0.2) is 0 Å². The topological polar surface area (TPSA) is 103 Å². The molecule has 2 aromatic carbocycles. The summed E-state index contributed by atoms with van der Waals surface area (Å²) in [5.74, 6) is 0.371. The lowest BCUT2D eigenvalue weighted by molar-refractivity contribution is -0.141. The number of nitrogens with zero attached hydrogens (tertiary/aromatic N) is 1. The van der Waals surface area contributed by atoms with Crippen molar-refractivity contribution in [3.8, 4) is 17.2 Å². The number of rotatable bonds is 7. The molecule has 9 nitrogen and oxygen atoms in total. The number of methoxy groups -OCH3 is 1. The Balaban J connectivity index is 1.40. The van der Waals surface area contributed by atoms with Crippen molar-refractivity contribution in [2.75, 3.05) is 43.7 Å². The minimum absolute atomic E-state index is 0.0976. The van der Waals surface area contributed by atoms with Crippen LogP contribution in [0, 0.1) is 5.92 Å². The molecule has 2 amide bonds. The normalized spacial score (nSPS) is 17.1. The molecule has 1 fully saturated rings. The van der Waals surface area contributed by atoms with Crippen molar-refractivity contribution in [3.63, 3.8) is 0 Å². The third kappa shape index (κ3) is 4.77. The smallest absolute Gasteiger partial charge is 0.308 e. The van der Waals surface area contributed by atoms with Crippen molar-refractivity contribution in [1.29, 1.82) is 0 Å². The second-order valence-electron chi connectivity index (χ2n) is 7.39. The number of esters is 1. The molecule has 0 bridgehead atoms. The Hall–Kier alpha value is -3.75. The predicted octanol–water partition coefficient (Wildman–Crippen LogP) is 2.39. The van der Waals surface area contributed by atoms with Gasteiger partial charge in [0.05, 0.1) is 31.7 Å². The molecule has 9 heteroatoms. The van der Waals surface area contributed by atoms with Crippen LogP contribution < -0.4 is 24.4 Å². The number of hydrogen-bond donors (Lipinski definition) is 1. The van der Waals surface area contributed by atoms with Gasteiger partial charge < -0.3 is 29.2 Å². The summed E-state index contributed by atoms with van der Waals surface area (Å²) in [5, 5.41) is 2.84. The van der Waals surface area contributed by atoms with Crippen LogP contribution in [0.15, 0.2) is 42.5 Å². The van der Waals surface area contributed by atoms with Gasteiger partial charge in [-0.05, 0) is 24.3 Å². The number of amides is 2. The molecule has 0 spiro atoms. The fraction of sp³-hybridized carbons (Fsp3) is 0.348. The molecule has 0 aromatic heterocycles. The van der Waals surface area contributed by atoms with Crippen LogP contribution in [0.2, 0.25) is 0 Å². The van der Waals surface area contributed by atoms with Crippen LogP contribution in [-0.2, 0) is 19.1 Å². The molecule has 2 aliphatic rings. The number of fused-ring (bicyclic) bond motifs is 1. The van der Waals surface area contributed by atoms with Gasteiger partial charge in [-0.3, -0.25) is 14.4 Å². The van der Waals surface area contributed by atoms with E-state index in [1.54, 1.807) is 47.4 Å². The quantitative estimate of drug-likeness (QED) is 0.660. The van der Waals surface area contributed by atoms with E-state index in [4.69, 9.17) is 14.2 Å². The summed E-state index contributed by atoms with van der Waals surface area (Å²) < 4.78 is 21.3. The Kier molecular flexibility index (Phi) is 6.44. The number of para-hydroxylation sites is 2. The SMILES string of the molecule is COC(=O)CCOc1ccccc1NC(=O)C1CC(=O)N(c2ccc3c(c2)OCCO3)C1. The van der Waals surface area contributed by atoms with E-state index in [-0.39, 0.29) is 43.8 Å². The Bertz CT molecular complexity index is 1020. The van der Waals surface area contributed by atoms with Crippen molar-refractivity contribution in [1.82, 2.24) is 0 Å². The second kappa shape index (κ2) is 9.59. The number of carbonyl (C=O) groups excluding carboxylic acids is 3. The first-order valence-electron chi connectivity index (χ1n) is 10.3. The zero-order valence-corrected chi connectivity index (χ0v) is 17.7. The average Bonchev–Trinajstić information content (AvgIpc) is 3.21. The molecule has 0 radical (unpaired) electrons. The van der Waals surface area contributed by atoms with Gasteiger partial charge in [0, 0.05) is 24.7 Å². The van der Waals surface area contributed by atoms with Crippen LogP contribution in [0.5, 0.6) is 17.2 Å². The van der Waals surface area contributed by atoms with E-state index in [1.807, 2.05) is 0 Å². The molecule has 32 heavy (non-hydrogen) atoms. The first kappa shape index (κ1) is 21.5. The minimum Gasteiger partial charge on any atom is -0.491 e. The maximum absolute atomic E-state index is 12.9. The summed E-state index contributed by atoms with van der Waals surface area (Å²) in [6, 6.07) is 12.3. The largest absolute Gasteiger partial charge is 0.491 e. The molecule has 4 rings (SSSR count). The molecular formula is C23H24N2O7. The van der Waals surface area contributed by atoms with Crippen LogP contribution in [0.25, 0.3) is 0 Å². The van der Waals surface area contributed by atoms with E-state index in [0.717, 1.165) is 0 Å². The van der Waals surface area contributed by atoms with Gasteiger partial charge in [-0.2, -0.15) is 0 Å². The summed E-state index contributed by atoms with van der Waals surface area (Å²) in [4.78, 5) is 38.4. The van der Waals surface area contributed by atoms with Crippen molar-refractivity contribution < 1.29 is 33.3 Å². The third-order valence-corrected chi connectivity index (χ3v) is 5.27. The van der Waals surface area contributed by atoms with Crippen molar-refractivity contribution in [2.24, 2.45) is 5.92 Å². The number of benzene rings is 2. The fourth-order valence-electron chi connectivity index (χ4n) is 3.61. The number of nitrogens with one attached hydrogen (secondary N) is 1. The van der Waals surface area contributed by atoms with Gasteiger partial charge >= 0.3 is 5.97 Å². The molecule has 2 aromatic rings. The van der Waals surface area contributed by atoms with Crippen molar-refractivity contribution in [3.05, 3.63) is 42.5 Å². The molecule has 2 heterocycles. The van der Waals surface area contributed by atoms with E-state index in [2.05, 4.69) is 10.1 Å². The Labute approximate surface area is 185 Å². The van der Waals surface area contributed by atoms with Gasteiger partial charge in [-0.1, -0.05) is 12.1 Å². The highest BCUT2D eigenvalue weighted by Gasteiger charge is 2.36. The van der Waals surface area contributed by atoms with Crippen LogP contribution in [0.3, 0.4) is 0 Å². The second-order valence-corrected chi connectivity index (χ2v) is 7.39. The first-order chi connectivity index (χ1) is 15.5. The maximum Gasteiger partial charge on any atom is 0.308 e. The average molecular weight is 440 g/mol. The van der Waals surface area contributed by atoms with Crippen LogP contribution in [-0.4, -0.2) is 51.3 Å². The summed E-state index contributed by atoms with van der Waals surface area (Å²) in [5.41, 5.74) is 1.15. The van der Waals surface area contributed by atoms with Gasteiger partial charge in [-0.15, -0.1) is 0 Å². The maximum atomic E-state index is 12.9. The lowest BCUT2D eigenvalue weighted by Crippen LogP contribution is -2.28. The van der Waals surface area contributed by atoms with E-state index >= 15 is 0 Å². The van der Waals surface area contributed by atoms with Gasteiger partial charge in [0.15, 0.2) is 11.5 Å². The summed E-state index contributed by atoms with van der Waals surface area (Å²) in [7, 11) is 1.31. The predicted molar refractivity (Wildman–Crippen MR) is 115 cm³/mol. The summed E-state index contributed by atoms with van der Waals surface area (Å²) >= 11 is 0. The van der Waals surface area contributed by atoms with Crippen LogP contribution in [0.1, 0.15) is 12.8 Å². The number of hydrogen-bond acceptors (Lipinski definition) is 7. The van der Waals surface area contributed by atoms with E-state index < -0.39 is 5.92 Å². The van der Waals surface area contributed by atoms with E-state index in [9.17, 15) is 14.4 Å². The molecule has 2 aliphatic heterocycles. The molecule has 0 saturated carbocycles. The lowest BCUT2D eigenvalue weighted by Gasteiger charge is -2.22. The third-order valence-electron chi connectivity index (χ3n) is 5.27. The highest BCUT2D eigenvalue weighted by molar-refractivity contribution is 6.04. The molecule has 168 valence electrons. The molecule has 1 N–H and O–H groups in total. The van der Waals surface area contributed by atoms with E-state index in [0.29, 0.717) is 41.8 Å². The zero-order valence-electron chi connectivity index (χ0n) is 17.7. The first-order valence-corrected chi connectivity index (χ1v) is 10.3. The van der Waals surface area contributed by atoms with E-state index in [1.165, 1.54) is 7.11 Å². The Morgan fingerprint density at radius 2 is 1.91 bits per heavy atom. The standard InChI is InChI=1S/C23H24N2O7/c1-29-22(27)8-9-30-18-5-3-2-4-17(18)24-23(28)15-12-21(26)25(14-15)16-6-7-19-20(13-16)32-11-10-31-19/h2-7,13,15H,8-12,14H2,1H3,(H,24,28). The molecule has 1 atom stereocenters. The Morgan fingerprint density at radius 3 is 2.72 bits per heavy atom. The van der Waals surface area contributed by atoms with Gasteiger partial charge in [0.2, 0.25) is 11.8 Å². The van der Waals surface area contributed by atoms with Crippen LogP contribution in [0.4, 0.5) is 11.4 Å². The number of carbonyl (C=O) groups is 3. The van der Waals surface area contributed by atoms with Crippen molar-refractivity contribution >= 4 is 29.2 Å². The molecular weight excluding hydrogens is 416 g/mol. The van der Waals surface area contributed by atoms with Gasteiger partial charge in [0.1, 0.15) is 19.0 Å².